The lowest BCUT2D eigenvalue weighted by atomic mass is 9.81. The van der Waals surface area contributed by atoms with Gasteiger partial charge in [-0.25, -0.2) is 4.79 Å². The average molecular weight is 336 g/mol. The van der Waals surface area contributed by atoms with E-state index in [0.717, 1.165) is 12.0 Å². The largest absolute Gasteiger partial charge is 0.465 e. The van der Waals surface area contributed by atoms with Crippen LogP contribution in [0.3, 0.4) is 0 Å². The summed E-state index contributed by atoms with van der Waals surface area (Å²) >= 11 is 0. The fourth-order valence-corrected chi connectivity index (χ4v) is 2.90. The molecule has 2 unspecified atom stereocenters. The molecule has 0 aromatic heterocycles. The number of ether oxygens (including phenoxy) is 3. The fraction of sp³-hybridized carbons (Fsp3) is 0.650. The van der Waals surface area contributed by atoms with Gasteiger partial charge >= 0.3 is 5.97 Å². The van der Waals surface area contributed by atoms with E-state index in [0.29, 0.717) is 35.7 Å². The van der Waals surface area contributed by atoms with Crippen LogP contribution in [0.25, 0.3) is 0 Å². The molecule has 0 bridgehead atoms. The Labute approximate surface area is 146 Å². The minimum atomic E-state index is -0.416. The Kier molecular flexibility index (Phi) is 8.26. The first kappa shape index (κ1) is 20.5. The second-order valence-electron chi connectivity index (χ2n) is 6.87. The quantitative estimate of drug-likeness (QED) is 0.469. The average Bonchev–Trinajstić information content (AvgIpc) is 2.52. The zero-order valence-electron chi connectivity index (χ0n) is 16.1. The Morgan fingerprint density at radius 3 is 2.29 bits per heavy atom. The minimum Gasteiger partial charge on any atom is -0.465 e. The van der Waals surface area contributed by atoms with Gasteiger partial charge in [0.2, 0.25) is 0 Å². The third kappa shape index (κ3) is 5.82. The Morgan fingerprint density at radius 1 is 1.12 bits per heavy atom. The summed E-state index contributed by atoms with van der Waals surface area (Å²) in [5, 5.41) is 0. The molecule has 1 rings (SSSR count). The highest BCUT2D eigenvalue weighted by Crippen LogP contribution is 2.34. The molecule has 1 aromatic rings. The van der Waals surface area contributed by atoms with Gasteiger partial charge in [0.1, 0.15) is 11.3 Å². The predicted octanol–water partition coefficient (Wildman–Crippen LogP) is 5.02. The molecule has 0 amide bonds. The van der Waals surface area contributed by atoms with Gasteiger partial charge in [0.25, 0.3) is 0 Å². The second kappa shape index (κ2) is 9.67. The molecule has 0 aliphatic rings. The van der Waals surface area contributed by atoms with Crippen LogP contribution in [0.5, 0.6) is 5.75 Å². The first-order chi connectivity index (χ1) is 11.3. The maximum absolute atomic E-state index is 12.2. The zero-order chi connectivity index (χ0) is 18.3. The number of methoxy groups -OCH3 is 1. The van der Waals surface area contributed by atoms with Crippen molar-refractivity contribution in [2.45, 2.75) is 60.2 Å². The van der Waals surface area contributed by atoms with Crippen molar-refractivity contribution in [3.8, 4) is 5.75 Å². The van der Waals surface area contributed by atoms with E-state index >= 15 is 0 Å². The Morgan fingerprint density at radius 2 is 1.79 bits per heavy atom. The van der Waals surface area contributed by atoms with Crippen molar-refractivity contribution in [1.29, 1.82) is 0 Å². The molecule has 0 spiro atoms. The molecule has 2 atom stereocenters. The molecule has 0 heterocycles. The highest BCUT2D eigenvalue weighted by Gasteiger charge is 2.22. The number of hydrogen-bond acceptors (Lipinski definition) is 4. The van der Waals surface area contributed by atoms with Crippen LogP contribution in [0.1, 0.15) is 69.8 Å². The Hall–Kier alpha value is -1.55. The van der Waals surface area contributed by atoms with E-state index in [1.807, 2.05) is 32.0 Å². The molecule has 0 fully saturated rings. The highest BCUT2D eigenvalue weighted by atomic mass is 16.7. The van der Waals surface area contributed by atoms with Crippen molar-refractivity contribution in [3.05, 3.63) is 29.3 Å². The van der Waals surface area contributed by atoms with Crippen molar-refractivity contribution >= 4 is 5.97 Å². The Bertz CT molecular complexity index is 522. The van der Waals surface area contributed by atoms with Crippen molar-refractivity contribution in [1.82, 2.24) is 0 Å². The fourth-order valence-electron chi connectivity index (χ4n) is 2.90. The van der Waals surface area contributed by atoms with Crippen LogP contribution in [-0.4, -0.2) is 26.0 Å². The first-order valence-electron chi connectivity index (χ1n) is 8.80. The van der Waals surface area contributed by atoms with Crippen molar-refractivity contribution in [3.63, 3.8) is 0 Å². The van der Waals surface area contributed by atoms with Crippen LogP contribution < -0.4 is 4.74 Å². The number of carbonyl (C=O) groups excluding carboxylic acids is 1. The van der Waals surface area contributed by atoms with Crippen molar-refractivity contribution in [2.24, 2.45) is 11.8 Å². The lowest BCUT2D eigenvalue weighted by Crippen LogP contribution is -2.18. The summed E-state index contributed by atoms with van der Waals surface area (Å²) in [7, 11) is 1.39. The molecule has 0 radical (unpaired) electrons. The SMILES string of the molecule is CCOC(C)Oc1ccc(C(CC(C)C)C(C)C)cc1C(=O)OC. The summed E-state index contributed by atoms with van der Waals surface area (Å²) in [5.41, 5.74) is 1.60. The van der Waals surface area contributed by atoms with E-state index in [-0.39, 0.29) is 5.97 Å². The van der Waals surface area contributed by atoms with Crippen LogP contribution in [0.15, 0.2) is 18.2 Å². The minimum absolute atomic E-state index is 0.386. The smallest absolute Gasteiger partial charge is 0.341 e. The lowest BCUT2D eigenvalue weighted by Gasteiger charge is -2.25. The third-order valence-electron chi connectivity index (χ3n) is 4.06. The van der Waals surface area contributed by atoms with Gasteiger partial charge in [-0.1, -0.05) is 33.8 Å². The maximum atomic E-state index is 12.2. The molecular weight excluding hydrogens is 304 g/mol. The van der Waals surface area contributed by atoms with E-state index in [1.165, 1.54) is 7.11 Å². The van der Waals surface area contributed by atoms with Crippen molar-refractivity contribution in [2.75, 3.05) is 13.7 Å². The normalized spacial score (nSPS) is 13.9. The molecule has 1 aromatic carbocycles. The number of benzene rings is 1. The van der Waals surface area contributed by atoms with Crippen LogP contribution >= 0.6 is 0 Å². The summed E-state index contributed by atoms with van der Waals surface area (Å²) < 4.78 is 16.1. The number of hydrogen-bond donors (Lipinski definition) is 0. The first-order valence-corrected chi connectivity index (χ1v) is 8.80. The van der Waals surface area contributed by atoms with E-state index in [2.05, 4.69) is 27.7 Å². The molecule has 136 valence electrons. The molecule has 0 aliphatic carbocycles. The van der Waals surface area contributed by atoms with Gasteiger partial charge < -0.3 is 14.2 Å². The van der Waals surface area contributed by atoms with E-state index < -0.39 is 6.29 Å². The third-order valence-corrected chi connectivity index (χ3v) is 4.06. The molecule has 0 aliphatic heterocycles. The molecule has 0 N–H and O–H groups in total. The molecule has 0 saturated heterocycles. The highest BCUT2D eigenvalue weighted by molar-refractivity contribution is 5.92. The van der Waals surface area contributed by atoms with Crippen molar-refractivity contribution < 1.29 is 19.0 Å². The van der Waals surface area contributed by atoms with Crippen LogP contribution in [-0.2, 0) is 9.47 Å². The second-order valence-corrected chi connectivity index (χ2v) is 6.87. The van der Waals surface area contributed by atoms with E-state index in [1.54, 1.807) is 0 Å². The van der Waals surface area contributed by atoms with Gasteiger partial charge in [-0.2, -0.15) is 0 Å². The topological polar surface area (TPSA) is 44.8 Å². The van der Waals surface area contributed by atoms with E-state index in [9.17, 15) is 4.79 Å². The van der Waals surface area contributed by atoms with Gasteiger partial charge in [-0.05, 0) is 55.7 Å². The van der Waals surface area contributed by atoms with E-state index in [4.69, 9.17) is 14.2 Å². The van der Waals surface area contributed by atoms with Crippen LogP contribution in [0.4, 0.5) is 0 Å². The molecule has 24 heavy (non-hydrogen) atoms. The van der Waals surface area contributed by atoms with Gasteiger partial charge in [0, 0.05) is 6.61 Å². The summed E-state index contributed by atoms with van der Waals surface area (Å²) in [5.74, 6) is 1.59. The number of rotatable bonds is 9. The van der Waals surface area contributed by atoms with Crippen LogP contribution in [0, 0.1) is 11.8 Å². The van der Waals surface area contributed by atoms with Gasteiger partial charge in [0.15, 0.2) is 6.29 Å². The standard InChI is InChI=1S/C20H32O4/c1-8-23-15(6)24-19-10-9-16(12-18(19)20(21)22-7)17(14(4)5)11-13(2)3/h9-10,12-15,17H,8,11H2,1-7H3. The Balaban J connectivity index is 3.19. The molecule has 4 heteroatoms. The lowest BCUT2D eigenvalue weighted by molar-refractivity contribution is -0.0617. The van der Waals surface area contributed by atoms with Crippen LogP contribution in [0.2, 0.25) is 0 Å². The summed E-state index contributed by atoms with van der Waals surface area (Å²) in [4.78, 5) is 12.2. The number of carbonyl (C=O) groups is 1. The number of esters is 1. The van der Waals surface area contributed by atoms with Gasteiger partial charge in [-0.3, -0.25) is 0 Å². The van der Waals surface area contributed by atoms with Gasteiger partial charge in [0.05, 0.1) is 7.11 Å². The predicted molar refractivity (Wildman–Crippen MR) is 96.5 cm³/mol. The summed E-state index contributed by atoms with van der Waals surface area (Å²) in [6, 6.07) is 5.81. The zero-order valence-corrected chi connectivity index (χ0v) is 16.1. The van der Waals surface area contributed by atoms with Gasteiger partial charge in [-0.15, -0.1) is 0 Å². The maximum Gasteiger partial charge on any atom is 0.341 e. The molecular formula is C20H32O4. The summed E-state index contributed by atoms with van der Waals surface area (Å²) in [6.45, 7) is 13.1. The summed E-state index contributed by atoms with van der Waals surface area (Å²) in [6.07, 6.45) is 0.661. The molecule has 4 nitrogen and oxygen atoms in total. The molecule has 0 saturated carbocycles. The monoisotopic (exact) mass is 336 g/mol.